The highest BCUT2D eigenvalue weighted by Gasteiger charge is 2.14. The van der Waals surface area contributed by atoms with Gasteiger partial charge in [0, 0.05) is 17.0 Å². The fourth-order valence-corrected chi connectivity index (χ4v) is 2.14. The molecule has 17 heavy (non-hydrogen) atoms. The molecule has 0 bridgehead atoms. The summed E-state index contributed by atoms with van der Waals surface area (Å²) in [6.45, 7) is 0. The summed E-state index contributed by atoms with van der Waals surface area (Å²) in [7, 11) is 1.49. The molecule has 1 heterocycles. The minimum absolute atomic E-state index is 0.119. The van der Waals surface area contributed by atoms with Gasteiger partial charge in [-0.1, -0.05) is 0 Å². The standard InChI is InChI=1S/C12H8F2O2S/c1-16-8-5-11(17-6-8)12(15)7-2-3-9(13)10(14)4-7/h2-6H,1H3. The quantitative estimate of drug-likeness (QED) is 0.786. The number of halogens is 2. The van der Waals surface area contributed by atoms with E-state index in [0.29, 0.717) is 10.6 Å². The molecule has 0 aliphatic rings. The van der Waals surface area contributed by atoms with Crippen LogP contribution in [0, 0.1) is 11.6 Å². The summed E-state index contributed by atoms with van der Waals surface area (Å²) < 4.78 is 30.6. The predicted octanol–water partition coefficient (Wildman–Crippen LogP) is 3.27. The minimum Gasteiger partial charge on any atom is -0.496 e. The van der Waals surface area contributed by atoms with Crippen LogP contribution in [0.1, 0.15) is 15.2 Å². The van der Waals surface area contributed by atoms with Crippen LogP contribution in [-0.4, -0.2) is 12.9 Å². The fraction of sp³-hybridized carbons (Fsp3) is 0.0833. The summed E-state index contributed by atoms with van der Waals surface area (Å²) >= 11 is 1.20. The largest absolute Gasteiger partial charge is 0.496 e. The maximum absolute atomic E-state index is 13.0. The number of carbonyl (C=O) groups excluding carboxylic acids is 1. The van der Waals surface area contributed by atoms with Crippen molar-refractivity contribution in [2.75, 3.05) is 7.11 Å². The zero-order valence-electron chi connectivity index (χ0n) is 8.87. The summed E-state index contributed by atoms with van der Waals surface area (Å²) in [6.07, 6.45) is 0. The van der Waals surface area contributed by atoms with E-state index in [2.05, 4.69) is 0 Å². The van der Waals surface area contributed by atoms with Crippen molar-refractivity contribution in [3.63, 3.8) is 0 Å². The van der Waals surface area contributed by atoms with E-state index in [1.54, 1.807) is 11.4 Å². The second-order valence-corrected chi connectivity index (χ2v) is 4.22. The van der Waals surface area contributed by atoms with Crippen molar-refractivity contribution >= 4 is 17.1 Å². The number of methoxy groups -OCH3 is 1. The number of rotatable bonds is 3. The smallest absolute Gasteiger partial charge is 0.203 e. The second-order valence-electron chi connectivity index (χ2n) is 3.31. The highest BCUT2D eigenvalue weighted by Crippen LogP contribution is 2.24. The molecule has 0 saturated carbocycles. The molecular weight excluding hydrogens is 246 g/mol. The van der Waals surface area contributed by atoms with Gasteiger partial charge in [0.05, 0.1) is 12.0 Å². The summed E-state index contributed by atoms with van der Waals surface area (Å²) in [5.41, 5.74) is 0.119. The van der Waals surface area contributed by atoms with Crippen molar-refractivity contribution in [2.45, 2.75) is 0 Å². The van der Waals surface area contributed by atoms with E-state index in [-0.39, 0.29) is 11.3 Å². The molecule has 0 atom stereocenters. The lowest BCUT2D eigenvalue weighted by Gasteiger charge is -1.99. The zero-order chi connectivity index (χ0) is 12.4. The number of carbonyl (C=O) groups is 1. The Kier molecular flexibility index (Phi) is 3.19. The van der Waals surface area contributed by atoms with Gasteiger partial charge in [0.15, 0.2) is 11.6 Å². The Morgan fingerprint density at radius 1 is 1.24 bits per heavy atom. The fourth-order valence-electron chi connectivity index (χ4n) is 1.32. The van der Waals surface area contributed by atoms with E-state index >= 15 is 0 Å². The van der Waals surface area contributed by atoms with Gasteiger partial charge in [-0.3, -0.25) is 4.79 Å². The number of thiophene rings is 1. The van der Waals surface area contributed by atoms with Gasteiger partial charge in [-0.15, -0.1) is 11.3 Å². The zero-order valence-corrected chi connectivity index (χ0v) is 9.68. The molecule has 2 aromatic rings. The topological polar surface area (TPSA) is 26.3 Å². The molecule has 0 N–H and O–H groups in total. The third kappa shape index (κ3) is 2.34. The minimum atomic E-state index is -1.03. The van der Waals surface area contributed by atoms with Gasteiger partial charge >= 0.3 is 0 Å². The number of benzene rings is 1. The molecule has 0 saturated heterocycles. The molecule has 0 aliphatic heterocycles. The Morgan fingerprint density at radius 3 is 2.59 bits per heavy atom. The predicted molar refractivity (Wildman–Crippen MR) is 60.7 cm³/mol. The lowest BCUT2D eigenvalue weighted by molar-refractivity contribution is 0.104. The molecule has 1 aromatic carbocycles. The maximum atomic E-state index is 13.0. The van der Waals surface area contributed by atoms with Crippen molar-refractivity contribution in [2.24, 2.45) is 0 Å². The molecule has 0 aliphatic carbocycles. The molecule has 2 rings (SSSR count). The molecule has 88 valence electrons. The van der Waals surface area contributed by atoms with E-state index in [0.717, 1.165) is 12.1 Å². The summed E-state index contributed by atoms with van der Waals surface area (Å²) in [5.74, 6) is -1.78. The molecule has 0 spiro atoms. The summed E-state index contributed by atoms with van der Waals surface area (Å²) in [6, 6.07) is 4.65. The van der Waals surface area contributed by atoms with Crippen LogP contribution < -0.4 is 4.74 Å². The third-order valence-corrected chi connectivity index (χ3v) is 3.12. The monoisotopic (exact) mass is 254 g/mol. The van der Waals surface area contributed by atoms with Crippen molar-refractivity contribution in [1.29, 1.82) is 0 Å². The van der Waals surface area contributed by atoms with Gasteiger partial charge in [0.25, 0.3) is 0 Å². The normalized spacial score (nSPS) is 10.3. The number of ketones is 1. The number of hydrogen-bond acceptors (Lipinski definition) is 3. The summed E-state index contributed by atoms with van der Waals surface area (Å²) in [4.78, 5) is 12.3. The van der Waals surface area contributed by atoms with Crippen molar-refractivity contribution in [3.05, 3.63) is 51.7 Å². The van der Waals surface area contributed by atoms with Crippen molar-refractivity contribution < 1.29 is 18.3 Å². The number of ether oxygens (including phenoxy) is 1. The molecule has 5 heteroatoms. The van der Waals surface area contributed by atoms with E-state index in [4.69, 9.17) is 4.74 Å². The van der Waals surface area contributed by atoms with Crippen molar-refractivity contribution in [1.82, 2.24) is 0 Å². The van der Waals surface area contributed by atoms with Gasteiger partial charge in [0.2, 0.25) is 5.78 Å². The Labute approximate surface area is 100 Å². The van der Waals surface area contributed by atoms with Gasteiger partial charge in [-0.05, 0) is 18.2 Å². The van der Waals surface area contributed by atoms with E-state index in [9.17, 15) is 13.6 Å². The van der Waals surface area contributed by atoms with E-state index in [1.165, 1.54) is 24.5 Å². The van der Waals surface area contributed by atoms with Crippen LogP contribution in [0.3, 0.4) is 0 Å². The Hall–Kier alpha value is -1.75. The second kappa shape index (κ2) is 4.63. The average molecular weight is 254 g/mol. The van der Waals surface area contributed by atoms with Gasteiger partial charge in [-0.25, -0.2) is 8.78 Å². The molecule has 1 aromatic heterocycles. The van der Waals surface area contributed by atoms with Crippen LogP contribution in [0.4, 0.5) is 8.78 Å². The van der Waals surface area contributed by atoms with Crippen molar-refractivity contribution in [3.8, 4) is 5.75 Å². The van der Waals surface area contributed by atoms with Crippen LogP contribution in [-0.2, 0) is 0 Å². The summed E-state index contributed by atoms with van der Waals surface area (Å²) in [5, 5.41) is 1.67. The molecule has 2 nitrogen and oxygen atoms in total. The average Bonchev–Trinajstić information content (AvgIpc) is 2.80. The van der Waals surface area contributed by atoms with Gasteiger partial charge in [0.1, 0.15) is 5.75 Å². The first-order chi connectivity index (χ1) is 8.11. The molecular formula is C12H8F2O2S. The molecule has 0 unspecified atom stereocenters. The first-order valence-electron chi connectivity index (χ1n) is 4.74. The molecule has 0 radical (unpaired) electrons. The Balaban J connectivity index is 2.33. The lowest BCUT2D eigenvalue weighted by Crippen LogP contribution is -2.00. The third-order valence-electron chi connectivity index (χ3n) is 2.22. The van der Waals surface area contributed by atoms with Gasteiger partial charge < -0.3 is 4.74 Å². The molecule has 0 fully saturated rings. The van der Waals surface area contributed by atoms with E-state index in [1.807, 2.05) is 0 Å². The van der Waals surface area contributed by atoms with Crippen LogP contribution in [0.2, 0.25) is 0 Å². The number of hydrogen-bond donors (Lipinski definition) is 0. The van der Waals surface area contributed by atoms with Crippen LogP contribution in [0.5, 0.6) is 5.75 Å². The van der Waals surface area contributed by atoms with E-state index < -0.39 is 11.6 Å². The van der Waals surface area contributed by atoms with Gasteiger partial charge in [-0.2, -0.15) is 0 Å². The van der Waals surface area contributed by atoms with Crippen LogP contribution >= 0.6 is 11.3 Å². The Bertz CT molecular complexity index is 563. The highest BCUT2D eigenvalue weighted by molar-refractivity contribution is 7.12. The first-order valence-corrected chi connectivity index (χ1v) is 5.62. The maximum Gasteiger partial charge on any atom is 0.203 e. The SMILES string of the molecule is COc1csc(C(=O)c2ccc(F)c(F)c2)c1. The van der Waals surface area contributed by atoms with Crippen LogP contribution in [0.15, 0.2) is 29.6 Å². The van der Waals surface area contributed by atoms with Crippen LogP contribution in [0.25, 0.3) is 0 Å². The highest BCUT2D eigenvalue weighted by atomic mass is 32.1. The lowest BCUT2D eigenvalue weighted by atomic mass is 10.1. The Morgan fingerprint density at radius 2 is 2.00 bits per heavy atom. The molecule has 0 amide bonds. The first kappa shape index (κ1) is 11.7.